The summed E-state index contributed by atoms with van der Waals surface area (Å²) in [5, 5.41) is 12.5. The van der Waals surface area contributed by atoms with Crippen molar-refractivity contribution in [3.8, 4) is 6.07 Å². The van der Waals surface area contributed by atoms with Crippen molar-refractivity contribution in [3.05, 3.63) is 0 Å². The highest BCUT2D eigenvalue weighted by Crippen LogP contribution is 2.12. The number of nitrogens with one attached hydrogen (secondary N) is 1. The molecule has 0 fully saturated rings. The van der Waals surface area contributed by atoms with Gasteiger partial charge in [0.25, 0.3) is 0 Å². The molecule has 0 bridgehead atoms. The first-order valence-electron chi connectivity index (χ1n) is 6.38. The first-order chi connectivity index (χ1) is 7.47. The summed E-state index contributed by atoms with van der Waals surface area (Å²) in [6, 6.07) is 2.75. The SMILES string of the molecule is CCN(CC)CCCC(C)(C#N)NC(C)C. The summed E-state index contributed by atoms with van der Waals surface area (Å²) in [7, 11) is 0. The van der Waals surface area contributed by atoms with Gasteiger partial charge in [-0.2, -0.15) is 5.26 Å². The molecule has 0 aromatic rings. The van der Waals surface area contributed by atoms with Gasteiger partial charge in [-0.05, 0) is 53.2 Å². The standard InChI is InChI=1S/C13H27N3/c1-6-16(7-2)10-8-9-13(5,11-14)15-12(3)4/h12,15H,6-10H2,1-5H3. The molecule has 0 aromatic carbocycles. The third kappa shape index (κ3) is 6.09. The third-order valence-electron chi connectivity index (χ3n) is 2.90. The van der Waals surface area contributed by atoms with Gasteiger partial charge in [0.1, 0.15) is 5.54 Å². The van der Waals surface area contributed by atoms with Gasteiger partial charge in [-0.1, -0.05) is 13.8 Å². The lowest BCUT2D eigenvalue weighted by atomic mass is 9.96. The van der Waals surface area contributed by atoms with Crippen LogP contribution in [0.4, 0.5) is 0 Å². The maximum Gasteiger partial charge on any atom is 0.104 e. The molecule has 94 valence electrons. The Morgan fingerprint density at radius 2 is 1.88 bits per heavy atom. The topological polar surface area (TPSA) is 39.1 Å². The molecule has 0 aliphatic carbocycles. The molecular formula is C13H27N3. The van der Waals surface area contributed by atoms with Crippen LogP contribution in [0.15, 0.2) is 0 Å². The van der Waals surface area contributed by atoms with Crippen molar-refractivity contribution in [3.63, 3.8) is 0 Å². The molecule has 0 aliphatic rings. The van der Waals surface area contributed by atoms with Crippen molar-refractivity contribution in [2.45, 2.75) is 59.0 Å². The van der Waals surface area contributed by atoms with Gasteiger partial charge in [0.15, 0.2) is 0 Å². The third-order valence-corrected chi connectivity index (χ3v) is 2.90. The van der Waals surface area contributed by atoms with Crippen molar-refractivity contribution in [2.75, 3.05) is 19.6 Å². The van der Waals surface area contributed by atoms with E-state index in [-0.39, 0.29) is 5.54 Å². The maximum absolute atomic E-state index is 9.19. The molecule has 0 rings (SSSR count). The fourth-order valence-corrected chi connectivity index (χ4v) is 1.99. The highest BCUT2D eigenvalue weighted by atomic mass is 15.1. The van der Waals surface area contributed by atoms with E-state index in [0.717, 1.165) is 32.5 Å². The Balaban J connectivity index is 4.01. The van der Waals surface area contributed by atoms with E-state index in [1.54, 1.807) is 0 Å². The molecule has 0 saturated heterocycles. The molecule has 1 N–H and O–H groups in total. The highest BCUT2D eigenvalue weighted by molar-refractivity contribution is 5.04. The quantitative estimate of drug-likeness (QED) is 0.689. The van der Waals surface area contributed by atoms with E-state index in [1.165, 1.54) is 0 Å². The molecule has 0 saturated carbocycles. The number of nitrogens with zero attached hydrogens (tertiary/aromatic N) is 2. The zero-order chi connectivity index (χ0) is 12.6. The van der Waals surface area contributed by atoms with Gasteiger partial charge in [-0.25, -0.2) is 0 Å². The molecule has 0 amide bonds. The van der Waals surface area contributed by atoms with Crippen LogP contribution in [0, 0.1) is 11.3 Å². The van der Waals surface area contributed by atoms with Crippen LogP contribution in [0.25, 0.3) is 0 Å². The zero-order valence-electron chi connectivity index (χ0n) is 11.5. The second kappa shape index (κ2) is 7.65. The summed E-state index contributed by atoms with van der Waals surface area (Å²) in [6.45, 7) is 13.8. The van der Waals surface area contributed by atoms with Gasteiger partial charge in [0, 0.05) is 6.04 Å². The van der Waals surface area contributed by atoms with Crippen LogP contribution < -0.4 is 5.32 Å². The van der Waals surface area contributed by atoms with Crippen LogP contribution in [0.2, 0.25) is 0 Å². The average Bonchev–Trinajstić information content (AvgIpc) is 2.23. The lowest BCUT2D eigenvalue weighted by Gasteiger charge is -2.27. The Morgan fingerprint density at radius 3 is 2.25 bits per heavy atom. The molecular weight excluding hydrogens is 198 g/mol. The van der Waals surface area contributed by atoms with E-state index in [2.05, 4.69) is 44.0 Å². The fourth-order valence-electron chi connectivity index (χ4n) is 1.99. The number of hydrogen-bond acceptors (Lipinski definition) is 3. The average molecular weight is 225 g/mol. The largest absolute Gasteiger partial charge is 0.304 e. The van der Waals surface area contributed by atoms with Gasteiger partial charge in [0.2, 0.25) is 0 Å². The van der Waals surface area contributed by atoms with Gasteiger partial charge >= 0.3 is 0 Å². The number of rotatable bonds is 8. The van der Waals surface area contributed by atoms with Gasteiger partial charge in [-0.15, -0.1) is 0 Å². The lowest BCUT2D eigenvalue weighted by Crippen LogP contribution is -2.45. The maximum atomic E-state index is 9.19. The fraction of sp³-hybridized carbons (Fsp3) is 0.923. The van der Waals surface area contributed by atoms with E-state index in [9.17, 15) is 5.26 Å². The van der Waals surface area contributed by atoms with Crippen LogP contribution in [0.1, 0.15) is 47.5 Å². The molecule has 0 aliphatic heterocycles. The van der Waals surface area contributed by atoms with Crippen molar-refractivity contribution >= 4 is 0 Å². The Labute approximate surface area is 101 Å². The first-order valence-corrected chi connectivity index (χ1v) is 6.38. The second-order valence-electron chi connectivity index (χ2n) is 4.87. The smallest absolute Gasteiger partial charge is 0.104 e. The van der Waals surface area contributed by atoms with Crippen molar-refractivity contribution < 1.29 is 0 Å². The summed E-state index contributed by atoms with van der Waals surface area (Å²) < 4.78 is 0. The summed E-state index contributed by atoms with van der Waals surface area (Å²) in [5.41, 5.74) is -0.374. The Morgan fingerprint density at radius 1 is 1.31 bits per heavy atom. The highest BCUT2D eigenvalue weighted by Gasteiger charge is 2.23. The molecule has 3 heteroatoms. The van der Waals surface area contributed by atoms with Crippen LogP contribution in [0.3, 0.4) is 0 Å². The van der Waals surface area contributed by atoms with E-state index in [4.69, 9.17) is 0 Å². The second-order valence-corrected chi connectivity index (χ2v) is 4.87. The Hall–Kier alpha value is -0.590. The first kappa shape index (κ1) is 15.4. The molecule has 3 nitrogen and oxygen atoms in total. The van der Waals surface area contributed by atoms with Gasteiger partial charge < -0.3 is 4.90 Å². The van der Waals surface area contributed by atoms with Gasteiger partial charge in [-0.3, -0.25) is 5.32 Å². The molecule has 16 heavy (non-hydrogen) atoms. The molecule has 0 radical (unpaired) electrons. The summed E-state index contributed by atoms with van der Waals surface area (Å²) >= 11 is 0. The van der Waals surface area contributed by atoms with Crippen LogP contribution >= 0.6 is 0 Å². The minimum absolute atomic E-state index is 0.359. The predicted octanol–water partition coefficient (Wildman–Crippen LogP) is 2.39. The van der Waals surface area contributed by atoms with Gasteiger partial charge in [0.05, 0.1) is 6.07 Å². The molecule has 0 aromatic heterocycles. The van der Waals surface area contributed by atoms with E-state index < -0.39 is 0 Å². The minimum Gasteiger partial charge on any atom is -0.304 e. The molecule has 0 heterocycles. The van der Waals surface area contributed by atoms with E-state index in [0.29, 0.717) is 6.04 Å². The van der Waals surface area contributed by atoms with Crippen molar-refractivity contribution in [1.82, 2.24) is 10.2 Å². The lowest BCUT2D eigenvalue weighted by molar-refractivity contribution is 0.277. The molecule has 0 spiro atoms. The molecule has 1 unspecified atom stereocenters. The number of nitriles is 1. The Bertz CT molecular complexity index is 216. The number of hydrogen-bond donors (Lipinski definition) is 1. The summed E-state index contributed by atoms with van der Waals surface area (Å²) in [4.78, 5) is 2.40. The predicted molar refractivity (Wildman–Crippen MR) is 69.3 cm³/mol. The summed E-state index contributed by atoms with van der Waals surface area (Å²) in [5.74, 6) is 0. The van der Waals surface area contributed by atoms with Crippen LogP contribution in [-0.4, -0.2) is 36.1 Å². The van der Waals surface area contributed by atoms with E-state index in [1.807, 2.05) is 6.92 Å². The zero-order valence-corrected chi connectivity index (χ0v) is 11.5. The minimum atomic E-state index is -0.374. The molecule has 1 atom stereocenters. The van der Waals surface area contributed by atoms with Crippen molar-refractivity contribution in [1.29, 1.82) is 5.26 Å². The Kier molecular flexibility index (Phi) is 7.36. The van der Waals surface area contributed by atoms with Crippen LogP contribution in [0.5, 0.6) is 0 Å². The normalized spacial score (nSPS) is 15.1. The van der Waals surface area contributed by atoms with Crippen LogP contribution in [-0.2, 0) is 0 Å². The van der Waals surface area contributed by atoms with Crippen molar-refractivity contribution in [2.24, 2.45) is 0 Å². The van der Waals surface area contributed by atoms with E-state index >= 15 is 0 Å². The summed E-state index contributed by atoms with van der Waals surface area (Å²) in [6.07, 6.45) is 1.99. The monoisotopic (exact) mass is 225 g/mol.